The maximum absolute atomic E-state index is 5.32. The van der Waals surface area contributed by atoms with Gasteiger partial charge in [0.05, 0.1) is 20.8 Å². The van der Waals surface area contributed by atoms with Crippen molar-refractivity contribution in [1.82, 2.24) is 15.6 Å². The van der Waals surface area contributed by atoms with Gasteiger partial charge < -0.3 is 20.1 Å². The van der Waals surface area contributed by atoms with Crippen molar-refractivity contribution in [1.29, 1.82) is 0 Å². The van der Waals surface area contributed by atoms with Crippen LogP contribution in [0.1, 0.15) is 22.4 Å². The SMILES string of the molecule is CCc1cnc(CNC(=NC)NCc2ccc(OC)c(OC)c2)s1. The number of guanidine groups is 1. The largest absolute Gasteiger partial charge is 0.493 e. The van der Waals surface area contributed by atoms with Gasteiger partial charge in [-0.2, -0.15) is 0 Å². The molecular weight excluding hydrogens is 324 g/mol. The molecule has 1 heterocycles. The van der Waals surface area contributed by atoms with Gasteiger partial charge in [-0.05, 0) is 24.1 Å². The molecule has 0 saturated carbocycles. The molecule has 0 atom stereocenters. The molecule has 1 aromatic heterocycles. The number of methoxy groups -OCH3 is 2. The average molecular weight is 348 g/mol. The van der Waals surface area contributed by atoms with Crippen molar-refractivity contribution in [2.75, 3.05) is 21.3 Å². The van der Waals surface area contributed by atoms with E-state index in [9.17, 15) is 0 Å². The van der Waals surface area contributed by atoms with Gasteiger partial charge >= 0.3 is 0 Å². The van der Waals surface area contributed by atoms with Gasteiger partial charge in [0.25, 0.3) is 0 Å². The molecule has 0 aliphatic rings. The predicted octanol–water partition coefficient (Wildman–Crippen LogP) is 2.59. The highest BCUT2D eigenvalue weighted by molar-refractivity contribution is 7.11. The number of nitrogens with zero attached hydrogens (tertiary/aromatic N) is 2. The first-order valence-electron chi connectivity index (χ1n) is 7.79. The standard InChI is InChI=1S/C17H24N4O2S/c1-5-13-10-19-16(24-13)11-21-17(18-2)20-9-12-6-7-14(22-3)15(8-12)23-4/h6-8,10H,5,9,11H2,1-4H3,(H2,18,20,21). The molecule has 0 fully saturated rings. The van der Waals surface area contributed by atoms with Crippen molar-refractivity contribution in [2.24, 2.45) is 4.99 Å². The lowest BCUT2D eigenvalue weighted by atomic mass is 10.2. The van der Waals surface area contributed by atoms with Gasteiger partial charge in [0, 0.05) is 24.7 Å². The van der Waals surface area contributed by atoms with Crippen LogP contribution in [0.3, 0.4) is 0 Å². The molecule has 2 N–H and O–H groups in total. The van der Waals surface area contributed by atoms with Gasteiger partial charge in [-0.1, -0.05) is 13.0 Å². The second-order valence-electron chi connectivity index (χ2n) is 5.04. The summed E-state index contributed by atoms with van der Waals surface area (Å²) >= 11 is 1.72. The number of hydrogen-bond donors (Lipinski definition) is 2. The fourth-order valence-corrected chi connectivity index (χ4v) is 2.95. The Balaban J connectivity index is 1.89. The fraction of sp³-hybridized carbons (Fsp3) is 0.412. The van der Waals surface area contributed by atoms with Crippen LogP contribution in [0.25, 0.3) is 0 Å². The minimum absolute atomic E-state index is 0.637. The quantitative estimate of drug-likeness (QED) is 0.595. The highest BCUT2D eigenvalue weighted by Crippen LogP contribution is 2.27. The molecule has 0 radical (unpaired) electrons. The Bertz CT molecular complexity index is 685. The molecular formula is C17H24N4O2S. The van der Waals surface area contributed by atoms with Gasteiger partial charge in [0.1, 0.15) is 5.01 Å². The lowest BCUT2D eigenvalue weighted by Crippen LogP contribution is -2.36. The van der Waals surface area contributed by atoms with Gasteiger partial charge in [-0.3, -0.25) is 4.99 Å². The Labute approximate surface area is 146 Å². The summed E-state index contributed by atoms with van der Waals surface area (Å²) in [5.74, 6) is 2.17. The van der Waals surface area contributed by atoms with E-state index in [-0.39, 0.29) is 0 Å². The second kappa shape index (κ2) is 9.12. The molecule has 2 aromatic rings. The molecule has 130 valence electrons. The molecule has 0 unspecified atom stereocenters. The van der Waals surface area contributed by atoms with Crippen LogP contribution in [-0.4, -0.2) is 32.2 Å². The Morgan fingerprint density at radius 3 is 2.54 bits per heavy atom. The summed E-state index contributed by atoms with van der Waals surface area (Å²) in [6.45, 7) is 3.43. The summed E-state index contributed by atoms with van der Waals surface area (Å²) in [5, 5.41) is 7.62. The molecule has 7 heteroatoms. The van der Waals surface area contributed by atoms with Crippen LogP contribution < -0.4 is 20.1 Å². The normalized spacial score (nSPS) is 11.2. The summed E-state index contributed by atoms with van der Waals surface area (Å²) in [6, 6.07) is 5.84. The van der Waals surface area contributed by atoms with E-state index in [1.165, 1.54) is 4.88 Å². The Morgan fingerprint density at radius 1 is 1.17 bits per heavy atom. The minimum Gasteiger partial charge on any atom is -0.493 e. The van der Waals surface area contributed by atoms with E-state index in [0.29, 0.717) is 13.1 Å². The first kappa shape index (κ1) is 18.1. The lowest BCUT2D eigenvalue weighted by molar-refractivity contribution is 0.354. The third kappa shape index (κ3) is 4.86. The monoisotopic (exact) mass is 348 g/mol. The van der Waals surface area contributed by atoms with E-state index >= 15 is 0 Å². The second-order valence-corrected chi connectivity index (χ2v) is 6.24. The van der Waals surface area contributed by atoms with Crippen molar-refractivity contribution in [3.05, 3.63) is 39.8 Å². The average Bonchev–Trinajstić information content (AvgIpc) is 3.09. The molecule has 0 aliphatic carbocycles. The minimum atomic E-state index is 0.637. The third-order valence-electron chi connectivity index (χ3n) is 3.49. The Hall–Kier alpha value is -2.28. The number of aliphatic imine (C=N–C) groups is 1. The molecule has 6 nitrogen and oxygen atoms in total. The zero-order chi connectivity index (χ0) is 17.4. The zero-order valence-electron chi connectivity index (χ0n) is 14.5. The fourth-order valence-electron chi connectivity index (χ4n) is 2.15. The number of aromatic nitrogens is 1. The molecule has 2 rings (SSSR count). The molecule has 0 aliphatic heterocycles. The summed E-state index contributed by atoms with van der Waals surface area (Å²) in [5.41, 5.74) is 1.08. The van der Waals surface area contributed by atoms with Crippen LogP contribution in [0.5, 0.6) is 11.5 Å². The van der Waals surface area contributed by atoms with Crippen LogP contribution >= 0.6 is 11.3 Å². The summed E-state index contributed by atoms with van der Waals surface area (Å²) in [7, 11) is 5.02. The van der Waals surface area contributed by atoms with Crippen LogP contribution in [0.15, 0.2) is 29.4 Å². The number of nitrogens with one attached hydrogen (secondary N) is 2. The molecule has 1 aromatic carbocycles. The van der Waals surface area contributed by atoms with E-state index in [0.717, 1.165) is 34.5 Å². The van der Waals surface area contributed by atoms with E-state index < -0.39 is 0 Å². The molecule has 0 spiro atoms. The van der Waals surface area contributed by atoms with Crippen LogP contribution in [-0.2, 0) is 19.5 Å². The van der Waals surface area contributed by atoms with Crippen LogP contribution in [0.2, 0.25) is 0 Å². The van der Waals surface area contributed by atoms with Gasteiger partial charge in [-0.15, -0.1) is 11.3 Å². The van der Waals surface area contributed by atoms with E-state index in [1.54, 1.807) is 32.6 Å². The van der Waals surface area contributed by atoms with Gasteiger partial charge in [0.15, 0.2) is 17.5 Å². The first-order chi connectivity index (χ1) is 11.7. The highest BCUT2D eigenvalue weighted by Gasteiger charge is 2.06. The number of ether oxygens (including phenoxy) is 2. The van der Waals surface area contributed by atoms with E-state index in [1.807, 2.05) is 24.4 Å². The summed E-state index contributed by atoms with van der Waals surface area (Å²) in [4.78, 5) is 9.92. The van der Waals surface area contributed by atoms with Gasteiger partial charge in [-0.25, -0.2) is 4.98 Å². The number of thiazole rings is 1. The zero-order valence-corrected chi connectivity index (χ0v) is 15.4. The van der Waals surface area contributed by atoms with Crippen LogP contribution in [0.4, 0.5) is 0 Å². The first-order valence-corrected chi connectivity index (χ1v) is 8.60. The molecule has 0 saturated heterocycles. The smallest absolute Gasteiger partial charge is 0.191 e. The number of aryl methyl sites for hydroxylation is 1. The van der Waals surface area contributed by atoms with Crippen LogP contribution in [0, 0.1) is 0 Å². The number of rotatable bonds is 7. The van der Waals surface area contributed by atoms with Crippen molar-refractivity contribution in [2.45, 2.75) is 26.4 Å². The number of benzene rings is 1. The van der Waals surface area contributed by atoms with Crippen molar-refractivity contribution < 1.29 is 9.47 Å². The lowest BCUT2D eigenvalue weighted by Gasteiger charge is -2.13. The molecule has 0 amide bonds. The Morgan fingerprint density at radius 2 is 1.92 bits per heavy atom. The maximum Gasteiger partial charge on any atom is 0.191 e. The third-order valence-corrected chi connectivity index (χ3v) is 4.63. The van der Waals surface area contributed by atoms with E-state index in [4.69, 9.17) is 9.47 Å². The molecule has 0 bridgehead atoms. The Kier molecular flexibility index (Phi) is 6.87. The topological polar surface area (TPSA) is 67.8 Å². The van der Waals surface area contributed by atoms with E-state index in [2.05, 4.69) is 27.5 Å². The predicted molar refractivity (Wildman–Crippen MR) is 98.1 cm³/mol. The highest BCUT2D eigenvalue weighted by atomic mass is 32.1. The van der Waals surface area contributed by atoms with Crippen molar-refractivity contribution in [3.8, 4) is 11.5 Å². The van der Waals surface area contributed by atoms with Gasteiger partial charge in [0.2, 0.25) is 0 Å². The van der Waals surface area contributed by atoms with Crippen molar-refractivity contribution >= 4 is 17.3 Å². The molecule has 24 heavy (non-hydrogen) atoms. The van der Waals surface area contributed by atoms with Crippen molar-refractivity contribution in [3.63, 3.8) is 0 Å². The summed E-state index contributed by atoms with van der Waals surface area (Å²) < 4.78 is 10.6. The maximum atomic E-state index is 5.32. The summed E-state index contributed by atoms with van der Waals surface area (Å²) in [6.07, 6.45) is 2.95. The number of hydrogen-bond acceptors (Lipinski definition) is 5.